The van der Waals surface area contributed by atoms with Gasteiger partial charge in [-0.15, -0.1) is 0 Å². The van der Waals surface area contributed by atoms with E-state index >= 15 is 0 Å². The summed E-state index contributed by atoms with van der Waals surface area (Å²) in [5.41, 5.74) is 0.343. The molecule has 0 spiro atoms. The Bertz CT molecular complexity index is 128. The van der Waals surface area contributed by atoms with Crippen LogP contribution in [0.15, 0.2) is 0 Å². The highest BCUT2D eigenvalue weighted by molar-refractivity contribution is 4.91. The minimum atomic E-state index is 0.343. The number of nitrogens with one attached hydrogen (secondary N) is 2. The van der Waals surface area contributed by atoms with Crippen molar-refractivity contribution in [2.45, 2.75) is 18.9 Å². The zero-order valence-electron chi connectivity index (χ0n) is 8.48. The maximum Gasteiger partial charge on any atom is 0.0290 e. The van der Waals surface area contributed by atoms with Crippen LogP contribution in [0.1, 0.15) is 13.3 Å². The lowest BCUT2D eigenvalue weighted by molar-refractivity contribution is 0.338. The Morgan fingerprint density at radius 1 is 1.50 bits per heavy atom. The van der Waals surface area contributed by atoms with Gasteiger partial charge >= 0.3 is 0 Å². The third-order valence-corrected chi connectivity index (χ3v) is 2.48. The largest absolute Gasteiger partial charge is 0.315 e. The lowest BCUT2D eigenvalue weighted by atomic mass is 10.0. The molecule has 1 heterocycles. The Balaban J connectivity index is 2.13. The van der Waals surface area contributed by atoms with E-state index in [1.807, 2.05) is 0 Å². The van der Waals surface area contributed by atoms with Gasteiger partial charge in [-0.1, -0.05) is 0 Å². The monoisotopic (exact) mass is 171 g/mol. The molecule has 1 aliphatic rings. The van der Waals surface area contributed by atoms with Gasteiger partial charge in [0.2, 0.25) is 0 Å². The molecule has 1 rings (SSSR count). The van der Waals surface area contributed by atoms with Crippen LogP contribution >= 0.6 is 0 Å². The van der Waals surface area contributed by atoms with Crippen LogP contribution in [0.5, 0.6) is 0 Å². The van der Waals surface area contributed by atoms with Gasteiger partial charge in [-0.05, 0) is 34.0 Å². The summed E-state index contributed by atoms with van der Waals surface area (Å²) in [5.74, 6) is 0. The highest BCUT2D eigenvalue weighted by Gasteiger charge is 2.26. The summed E-state index contributed by atoms with van der Waals surface area (Å²) in [4.78, 5) is 2.21. The van der Waals surface area contributed by atoms with Crippen molar-refractivity contribution in [2.24, 2.45) is 0 Å². The minimum Gasteiger partial charge on any atom is -0.315 e. The normalized spacial score (nSPS) is 30.0. The molecule has 3 nitrogen and oxygen atoms in total. The molecule has 0 bridgehead atoms. The topological polar surface area (TPSA) is 27.3 Å². The van der Waals surface area contributed by atoms with Crippen LogP contribution in [-0.4, -0.2) is 50.7 Å². The summed E-state index contributed by atoms with van der Waals surface area (Å²) >= 11 is 0. The summed E-state index contributed by atoms with van der Waals surface area (Å²) in [5, 5.41) is 6.96. The zero-order valence-corrected chi connectivity index (χ0v) is 8.48. The Morgan fingerprint density at radius 3 is 2.75 bits per heavy atom. The van der Waals surface area contributed by atoms with Crippen molar-refractivity contribution in [3.63, 3.8) is 0 Å². The lowest BCUT2D eigenvalue weighted by Crippen LogP contribution is -2.46. The fraction of sp³-hybridized carbons (Fsp3) is 1.00. The first-order chi connectivity index (χ1) is 5.62. The minimum absolute atomic E-state index is 0.343. The van der Waals surface area contributed by atoms with Gasteiger partial charge < -0.3 is 15.5 Å². The maximum atomic E-state index is 3.59. The fourth-order valence-corrected chi connectivity index (χ4v) is 1.55. The van der Waals surface area contributed by atoms with Gasteiger partial charge in [-0.3, -0.25) is 0 Å². The van der Waals surface area contributed by atoms with Crippen LogP contribution in [-0.2, 0) is 0 Å². The Morgan fingerprint density at radius 2 is 2.25 bits per heavy atom. The van der Waals surface area contributed by atoms with Gasteiger partial charge in [0, 0.05) is 25.2 Å². The smallest absolute Gasteiger partial charge is 0.0290 e. The molecule has 72 valence electrons. The summed E-state index contributed by atoms with van der Waals surface area (Å²) in [7, 11) is 4.22. The molecule has 0 aliphatic carbocycles. The van der Waals surface area contributed by atoms with Crippen molar-refractivity contribution in [1.29, 1.82) is 0 Å². The number of likely N-dealkylation sites (N-methyl/N-ethyl adjacent to an activating group) is 1. The average molecular weight is 171 g/mol. The molecule has 1 atom stereocenters. The van der Waals surface area contributed by atoms with Crippen molar-refractivity contribution in [3.8, 4) is 0 Å². The third kappa shape index (κ3) is 3.09. The van der Waals surface area contributed by atoms with Crippen molar-refractivity contribution >= 4 is 0 Å². The Labute approximate surface area is 75.5 Å². The van der Waals surface area contributed by atoms with E-state index in [0.29, 0.717) is 5.54 Å². The first kappa shape index (κ1) is 9.96. The van der Waals surface area contributed by atoms with Crippen LogP contribution in [0.2, 0.25) is 0 Å². The molecule has 1 saturated heterocycles. The molecule has 12 heavy (non-hydrogen) atoms. The molecule has 3 heteroatoms. The number of hydrogen-bond donors (Lipinski definition) is 2. The van der Waals surface area contributed by atoms with Gasteiger partial charge in [-0.2, -0.15) is 0 Å². The van der Waals surface area contributed by atoms with Gasteiger partial charge in [-0.25, -0.2) is 0 Å². The highest BCUT2D eigenvalue weighted by Crippen LogP contribution is 2.12. The molecule has 0 aromatic rings. The van der Waals surface area contributed by atoms with Crippen LogP contribution in [0.4, 0.5) is 0 Å². The van der Waals surface area contributed by atoms with Crippen LogP contribution in [0.3, 0.4) is 0 Å². The second-order valence-corrected chi connectivity index (χ2v) is 4.22. The molecule has 0 radical (unpaired) electrons. The second kappa shape index (κ2) is 4.21. The predicted molar refractivity (Wildman–Crippen MR) is 52.4 cm³/mol. The van der Waals surface area contributed by atoms with E-state index in [2.05, 4.69) is 36.6 Å². The summed E-state index contributed by atoms with van der Waals surface area (Å²) in [6.07, 6.45) is 1.25. The SMILES string of the molecule is CN(C)CCNC1(C)CCNC1. The van der Waals surface area contributed by atoms with Crippen LogP contribution in [0, 0.1) is 0 Å². The molecule has 1 aliphatic heterocycles. The number of hydrogen-bond acceptors (Lipinski definition) is 3. The van der Waals surface area contributed by atoms with E-state index in [9.17, 15) is 0 Å². The van der Waals surface area contributed by atoms with Crippen molar-refractivity contribution in [3.05, 3.63) is 0 Å². The van der Waals surface area contributed by atoms with Crippen LogP contribution in [0.25, 0.3) is 0 Å². The van der Waals surface area contributed by atoms with Crippen molar-refractivity contribution in [1.82, 2.24) is 15.5 Å². The van der Waals surface area contributed by atoms with E-state index in [1.165, 1.54) is 6.42 Å². The molecular formula is C9H21N3. The second-order valence-electron chi connectivity index (χ2n) is 4.22. The quantitative estimate of drug-likeness (QED) is 0.618. The van der Waals surface area contributed by atoms with Gasteiger partial charge in [0.05, 0.1) is 0 Å². The van der Waals surface area contributed by atoms with Gasteiger partial charge in [0.25, 0.3) is 0 Å². The highest BCUT2D eigenvalue weighted by atomic mass is 15.1. The number of rotatable bonds is 4. The van der Waals surface area contributed by atoms with Gasteiger partial charge in [0.1, 0.15) is 0 Å². The van der Waals surface area contributed by atoms with E-state index in [4.69, 9.17) is 0 Å². The Hall–Kier alpha value is -0.120. The van der Waals surface area contributed by atoms with Crippen molar-refractivity contribution < 1.29 is 0 Å². The summed E-state index contributed by atoms with van der Waals surface area (Å²) in [6.45, 7) is 6.77. The molecule has 2 N–H and O–H groups in total. The summed E-state index contributed by atoms with van der Waals surface area (Å²) < 4.78 is 0. The molecule has 0 amide bonds. The Kier molecular flexibility index (Phi) is 3.50. The van der Waals surface area contributed by atoms with Crippen LogP contribution < -0.4 is 10.6 Å². The standard InChI is InChI=1S/C9H21N3/c1-9(4-5-10-8-9)11-6-7-12(2)3/h10-11H,4-8H2,1-3H3. The fourth-order valence-electron chi connectivity index (χ4n) is 1.55. The third-order valence-electron chi connectivity index (χ3n) is 2.48. The molecule has 1 unspecified atom stereocenters. The first-order valence-electron chi connectivity index (χ1n) is 4.73. The van der Waals surface area contributed by atoms with E-state index in [0.717, 1.165) is 26.2 Å². The maximum absolute atomic E-state index is 3.59. The zero-order chi connectivity index (χ0) is 9.03. The summed E-state index contributed by atoms with van der Waals surface area (Å²) in [6, 6.07) is 0. The van der Waals surface area contributed by atoms with Gasteiger partial charge in [0.15, 0.2) is 0 Å². The molecule has 0 saturated carbocycles. The van der Waals surface area contributed by atoms with Crippen molar-refractivity contribution in [2.75, 3.05) is 40.3 Å². The molecular weight excluding hydrogens is 150 g/mol. The van der Waals surface area contributed by atoms with E-state index in [1.54, 1.807) is 0 Å². The molecule has 0 aromatic heterocycles. The first-order valence-corrected chi connectivity index (χ1v) is 4.73. The molecule has 0 aromatic carbocycles. The van der Waals surface area contributed by atoms with E-state index in [-0.39, 0.29) is 0 Å². The molecule has 1 fully saturated rings. The lowest BCUT2D eigenvalue weighted by Gasteiger charge is -2.25. The van der Waals surface area contributed by atoms with E-state index < -0.39 is 0 Å². The predicted octanol–water partition coefficient (Wildman–Crippen LogP) is -0.110. The number of nitrogens with zero attached hydrogens (tertiary/aromatic N) is 1. The average Bonchev–Trinajstić information content (AvgIpc) is 2.35.